The molecule has 0 spiro atoms. The van der Waals surface area contributed by atoms with Crippen LogP contribution in [0.3, 0.4) is 0 Å². The van der Waals surface area contributed by atoms with E-state index < -0.39 is 0 Å². The van der Waals surface area contributed by atoms with Crippen molar-refractivity contribution in [3.05, 3.63) is 46.6 Å². The molecule has 0 atom stereocenters. The molecule has 1 saturated carbocycles. The second kappa shape index (κ2) is 4.43. The van der Waals surface area contributed by atoms with Crippen LogP contribution in [0, 0.1) is 5.82 Å². The summed E-state index contributed by atoms with van der Waals surface area (Å²) in [5, 5.41) is 0. The minimum atomic E-state index is -0.185. The van der Waals surface area contributed by atoms with E-state index in [9.17, 15) is 4.39 Å². The maximum Gasteiger partial charge on any atom is 0.137 e. The van der Waals surface area contributed by atoms with Gasteiger partial charge in [0.15, 0.2) is 0 Å². The van der Waals surface area contributed by atoms with Crippen LogP contribution in [0.15, 0.2) is 30.3 Å². The van der Waals surface area contributed by atoms with Gasteiger partial charge in [0.2, 0.25) is 0 Å². The number of benzene rings is 1. The maximum atomic E-state index is 14.0. The highest BCUT2D eigenvalue weighted by atomic mass is 32.1. The van der Waals surface area contributed by atoms with Gasteiger partial charge in [0.05, 0.1) is 0 Å². The van der Waals surface area contributed by atoms with Crippen molar-refractivity contribution in [1.29, 1.82) is 0 Å². The van der Waals surface area contributed by atoms with Crippen molar-refractivity contribution in [2.75, 3.05) is 0 Å². The van der Waals surface area contributed by atoms with Gasteiger partial charge < -0.3 is 5.73 Å². The van der Waals surface area contributed by atoms with Crippen LogP contribution in [0.25, 0.3) is 10.4 Å². The number of thiophene rings is 1. The van der Waals surface area contributed by atoms with Gasteiger partial charge >= 0.3 is 0 Å². The maximum absolute atomic E-state index is 14.0. The van der Waals surface area contributed by atoms with Crippen molar-refractivity contribution >= 4 is 11.3 Å². The summed E-state index contributed by atoms with van der Waals surface area (Å²) >= 11 is 1.55. The zero-order valence-electron chi connectivity index (χ0n) is 11.2. The van der Waals surface area contributed by atoms with E-state index in [0.717, 1.165) is 33.7 Å². The molecule has 0 saturated heterocycles. The molecule has 0 aliphatic heterocycles. The van der Waals surface area contributed by atoms with Gasteiger partial charge in [0.1, 0.15) is 5.82 Å². The summed E-state index contributed by atoms with van der Waals surface area (Å²) in [4.78, 5) is 1.82. The lowest BCUT2D eigenvalue weighted by molar-refractivity contribution is 0.609. The van der Waals surface area contributed by atoms with E-state index in [1.807, 2.05) is 26.0 Å². The van der Waals surface area contributed by atoms with E-state index in [1.165, 1.54) is 0 Å². The number of nitrogens with two attached hydrogens (primary N) is 1. The lowest BCUT2D eigenvalue weighted by atomic mass is 9.98. The fraction of sp³-hybridized carbons (Fsp3) is 0.375. The van der Waals surface area contributed by atoms with Gasteiger partial charge in [-0.25, -0.2) is 4.39 Å². The van der Waals surface area contributed by atoms with Crippen LogP contribution < -0.4 is 5.73 Å². The van der Waals surface area contributed by atoms with Crippen molar-refractivity contribution in [2.45, 2.75) is 38.1 Å². The minimum Gasteiger partial charge on any atom is -0.321 e. The zero-order chi connectivity index (χ0) is 13.6. The normalized spacial score (nSPS) is 16.9. The predicted octanol–water partition coefficient (Wildman–Crippen LogP) is 4.63. The average molecular weight is 275 g/mol. The monoisotopic (exact) mass is 275 g/mol. The summed E-state index contributed by atoms with van der Waals surface area (Å²) in [5.41, 5.74) is 8.39. The first-order valence-electron chi connectivity index (χ1n) is 6.69. The third-order valence-electron chi connectivity index (χ3n) is 3.76. The summed E-state index contributed by atoms with van der Waals surface area (Å²) < 4.78 is 14.0. The molecular weight excluding hydrogens is 257 g/mol. The predicted molar refractivity (Wildman–Crippen MR) is 78.9 cm³/mol. The SMILES string of the molecule is CC(C)c1sc(-c2ccccc2C2(N)CC2)cc1F. The van der Waals surface area contributed by atoms with Crippen LogP contribution in [0.1, 0.15) is 43.0 Å². The molecule has 2 aromatic rings. The molecule has 0 amide bonds. The van der Waals surface area contributed by atoms with Gasteiger partial charge in [-0.2, -0.15) is 0 Å². The van der Waals surface area contributed by atoms with E-state index in [2.05, 4.69) is 12.1 Å². The van der Waals surface area contributed by atoms with Crippen molar-refractivity contribution in [3.8, 4) is 10.4 Å². The Morgan fingerprint density at radius 1 is 1.26 bits per heavy atom. The fourth-order valence-corrected chi connectivity index (χ4v) is 3.52. The topological polar surface area (TPSA) is 26.0 Å². The Morgan fingerprint density at radius 3 is 2.53 bits per heavy atom. The first-order chi connectivity index (χ1) is 9.01. The average Bonchev–Trinajstić information content (AvgIpc) is 3.00. The Kier molecular flexibility index (Phi) is 2.99. The Morgan fingerprint density at radius 2 is 1.95 bits per heavy atom. The Hall–Kier alpha value is -1.19. The largest absolute Gasteiger partial charge is 0.321 e. The molecule has 1 fully saturated rings. The standard InChI is InChI=1S/C16H18FNS/c1-10(2)15-13(17)9-14(19-15)11-5-3-4-6-12(11)16(18)7-8-16/h3-6,9-10H,7-8,18H2,1-2H3. The van der Waals surface area contributed by atoms with Crippen LogP contribution in [0.2, 0.25) is 0 Å². The molecule has 1 aliphatic carbocycles. The summed E-state index contributed by atoms with van der Waals surface area (Å²) in [6.07, 6.45) is 2.05. The fourth-order valence-electron chi connectivity index (χ4n) is 2.45. The van der Waals surface area contributed by atoms with E-state index in [4.69, 9.17) is 5.73 Å². The van der Waals surface area contributed by atoms with Crippen molar-refractivity contribution in [1.82, 2.24) is 0 Å². The van der Waals surface area contributed by atoms with Crippen LogP contribution >= 0.6 is 11.3 Å². The molecule has 3 rings (SSSR count). The van der Waals surface area contributed by atoms with E-state index in [1.54, 1.807) is 17.4 Å². The number of rotatable bonds is 3. The van der Waals surface area contributed by atoms with Gasteiger partial charge in [-0.3, -0.25) is 0 Å². The van der Waals surface area contributed by atoms with Gasteiger partial charge in [0, 0.05) is 15.3 Å². The number of hydrogen-bond donors (Lipinski definition) is 1. The van der Waals surface area contributed by atoms with Gasteiger partial charge in [-0.05, 0) is 36.0 Å². The lowest BCUT2D eigenvalue weighted by Crippen LogP contribution is -2.19. The van der Waals surface area contributed by atoms with E-state index in [0.29, 0.717) is 0 Å². The molecule has 1 aromatic heterocycles. The highest BCUT2D eigenvalue weighted by Crippen LogP contribution is 2.47. The van der Waals surface area contributed by atoms with Crippen molar-refractivity contribution < 1.29 is 4.39 Å². The third-order valence-corrected chi connectivity index (χ3v) is 5.20. The molecule has 19 heavy (non-hydrogen) atoms. The summed E-state index contributed by atoms with van der Waals surface area (Å²) in [6.45, 7) is 4.05. The minimum absolute atomic E-state index is 0.0910. The van der Waals surface area contributed by atoms with Gasteiger partial charge in [-0.1, -0.05) is 38.1 Å². The molecule has 1 aromatic carbocycles. The molecular formula is C16H18FNS. The number of hydrogen-bond acceptors (Lipinski definition) is 2. The van der Waals surface area contributed by atoms with Crippen molar-refractivity contribution in [2.24, 2.45) is 5.73 Å². The smallest absolute Gasteiger partial charge is 0.137 e. The summed E-state index contributed by atoms with van der Waals surface area (Å²) in [6, 6.07) is 9.80. The second-order valence-corrected chi connectivity index (χ2v) is 6.76. The summed E-state index contributed by atoms with van der Waals surface area (Å²) in [5.74, 6) is 0.130. The first-order valence-corrected chi connectivity index (χ1v) is 7.51. The Labute approximate surface area is 117 Å². The molecule has 0 unspecified atom stereocenters. The Bertz CT molecular complexity index is 611. The molecule has 1 nitrogen and oxygen atoms in total. The second-order valence-electron chi connectivity index (χ2n) is 5.68. The molecule has 2 N–H and O–H groups in total. The van der Waals surface area contributed by atoms with Crippen LogP contribution in [0.4, 0.5) is 4.39 Å². The summed E-state index contributed by atoms with van der Waals surface area (Å²) in [7, 11) is 0. The van der Waals surface area contributed by atoms with Crippen LogP contribution in [0.5, 0.6) is 0 Å². The number of halogens is 1. The lowest BCUT2D eigenvalue weighted by Gasteiger charge is -2.13. The highest BCUT2D eigenvalue weighted by molar-refractivity contribution is 7.15. The molecule has 1 heterocycles. The highest BCUT2D eigenvalue weighted by Gasteiger charge is 2.41. The Balaban J connectivity index is 2.10. The van der Waals surface area contributed by atoms with Gasteiger partial charge in [-0.15, -0.1) is 11.3 Å². The molecule has 3 heteroatoms. The van der Waals surface area contributed by atoms with Crippen LogP contribution in [-0.4, -0.2) is 0 Å². The first kappa shape index (κ1) is 12.8. The van der Waals surface area contributed by atoms with E-state index >= 15 is 0 Å². The van der Waals surface area contributed by atoms with Crippen LogP contribution in [-0.2, 0) is 5.54 Å². The molecule has 1 aliphatic rings. The molecule has 100 valence electrons. The van der Waals surface area contributed by atoms with Crippen molar-refractivity contribution in [3.63, 3.8) is 0 Å². The van der Waals surface area contributed by atoms with E-state index in [-0.39, 0.29) is 17.3 Å². The third kappa shape index (κ3) is 2.21. The quantitative estimate of drug-likeness (QED) is 0.868. The zero-order valence-corrected chi connectivity index (χ0v) is 12.1. The van der Waals surface area contributed by atoms with Gasteiger partial charge in [0.25, 0.3) is 0 Å². The molecule has 0 bridgehead atoms. The molecule has 0 radical (unpaired) electrons.